The first-order valence-electron chi connectivity index (χ1n) is 9.47. The Bertz CT molecular complexity index is 733. The molecule has 1 fully saturated rings. The van der Waals surface area contributed by atoms with E-state index in [-0.39, 0.29) is 5.78 Å². The highest BCUT2D eigenvalue weighted by Crippen LogP contribution is 2.41. The van der Waals surface area contributed by atoms with E-state index in [0.29, 0.717) is 24.8 Å². The van der Waals surface area contributed by atoms with E-state index in [4.69, 9.17) is 9.47 Å². The normalized spacial score (nSPS) is 19.9. The van der Waals surface area contributed by atoms with Crippen molar-refractivity contribution >= 4 is 18.0 Å². The van der Waals surface area contributed by atoms with Crippen LogP contribution in [0.4, 0.5) is 9.59 Å². The fraction of sp³-hybridized carbons (Fsp3) is 0.571. The van der Waals surface area contributed by atoms with E-state index in [1.807, 2.05) is 6.07 Å². The minimum atomic E-state index is -1.33. The summed E-state index contributed by atoms with van der Waals surface area (Å²) in [6, 6.07) is 8.97. The quantitative estimate of drug-likeness (QED) is 0.761. The number of amides is 2. The highest BCUT2D eigenvalue weighted by molar-refractivity contribution is 5.95. The lowest BCUT2D eigenvalue weighted by atomic mass is 9.86. The minimum absolute atomic E-state index is 0.152. The lowest BCUT2D eigenvalue weighted by Gasteiger charge is -2.40. The second kappa shape index (κ2) is 7.81. The molecule has 0 radical (unpaired) electrons. The van der Waals surface area contributed by atoms with Gasteiger partial charge in [-0.2, -0.15) is 5.01 Å². The zero-order valence-electron chi connectivity index (χ0n) is 17.5. The fourth-order valence-electron chi connectivity index (χ4n) is 3.23. The molecule has 2 amide bonds. The van der Waals surface area contributed by atoms with Gasteiger partial charge in [0, 0.05) is 6.42 Å². The maximum Gasteiger partial charge on any atom is 0.430 e. The zero-order valence-corrected chi connectivity index (χ0v) is 17.5. The first-order chi connectivity index (χ1) is 12.8. The summed E-state index contributed by atoms with van der Waals surface area (Å²) in [7, 11) is 0. The van der Waals surface area contributed by atoms with Gasteiger partial charge in [-0.1, -0.05) is 30.3 Å². The van der Waals surface area contributed by atoms with Gasteiger partial charge in [-0.15, -0.1) is 0 Å². The number of Topliss-reactive ketones (excluding diaryl/α,β-unsaturated/α-hetero) is 1. The number of carbonyl (C=O) groups excluding carboxylic acids is 3. The van der Waals surface area contributed by atoms with Crippen LogP contribution in [0.3, 0.4) is 0 Å². The van der Waals surface area contributed by atoms with Gasteiger partial charge >= 0.3 is 12.2 Å². The Morgan fingerprint density at radius 2 is 1.57 bits per heavy atom. The largest absolute Gasteiger partial charge is 0.443 e. The summed E-state index contributed by atoms with van der Waals surface area (Å²) in [6.45, 7) is 10.3. The van der Waals surface area contributed by atoms with Crippen molar-refractivity contribution in [3.05, 3.63) is 35.9 Å². The molecule has 0 saturated heterocycles. The first-order valence-corrected chi connectivity index (χ1v) is 9.47. The molecule has 7 nitrogen and oxygen atoms in total. The standard InChI is InChI=1S/C21H30N2O5/c1-19(2,3)27-17(25)22-23(18(26)28-20(4,5)6)21(14-10-13-16(21)24)15-11-8-7-9-12-15/h7-9,11-12H,10,13-14H2,1-6H3,(H,22,25)/t21-/m0/s1. The van der Waals surface area contributed by atoms with Crippen molar-refractivity contribution in [2.24, 2.45) is 0 Å². The van der Waals surface area contributed by atoms with Crippen LogP contribution in [0.5, 0.6) is 0 Å². The Morgan fingerprint density at radius 1 is 1.00 bits per heavy atom. The summed E-state index contributed by atoms with van der Waals surface area (Å²) in [5.74, 6) is -0.152. The van der Waals surface area contributed by atoms with Gasteiger partial charge in [0.05, 0.1) is 0 Å². The number of nitrogens with zero attached hydrogens (tertiary/aromatic N) is 1. The molecule has 1 atom stereocenters. The van der Waals surface area contributed by atoms with E-state index in [0.717, 1.165) is 5.01 Å². The molecule has 0 spiro atoms. The molecule has 154 valence electrons. The Balaban J connectivity index is 2.49. The fourth-order valence-corrected chi connectivity index (χ4v) is 3.23. The third kappa shape index (κ3) is 5.03. The van der Waals surface area contributed by atoms with Crippen molar-refractivity contribution in [2.45, 2.75) is 77.5 Å². The van der Waals surface area contributed by atoms with Gasteiger partial charge in [-0.3, -0.25) is 4.79 Å². The van der Waals surface area contributed by atoms with Crippen molar-refractivity contribution in [2.75, 3.05) is 0 Å². The Morgan fingerprint density at radius 3 is 2.04 bits per heavy atom. The van der Waals surface area contributed by atoms with Gasteiger partial charge < -0.3 is 9.47 Å². The number of hydrogen-bond acceptors (Lipinski definition) is 5. The van der Waals surface area contributed by atoms with Gasteiger partial charge in [-0.25, -0.2) is 15.0 Å². The molecule has 1 saturated carbocycles. The van der Waals surface area contributed by atoms with Crippen LogP contribution in [0.1, 0.15) is 66.4 Å². The Hall–Kier alpha value is -2.57. The molecule has 1 aromatic rings. The second-order valence-corrected chi connectivity index (χ2v) is 8.93. The van der Waals surface area contributed by atoms with Crippen molar-refractivity contribution < 1.29 is 23.9 Å². The molecular weight excluding hydrogens is 360 g/mol. The number of ether oxygens (including phenoxy) is 2. The molecule has 1 aliphatic rings. The molecule has 1 aromatic carbocycles. The number of hydrogen-bond donors (Lipinski definition) is 1. The van der Waals surface area contributed by atoms with Crippen LogP contribution < -0.4 is 5.43 Å². The molecule has 0 unspecified atom stereocenters. The Labute approximate surface area is 166 Å². The van der Waals surface area contributed by atoms with Gasteiger partial charge in [0.1, 0.15) is 11.2 Å². The Kier molecular flexibility index (Phi) is 6.06. The third-order valence-corrected chi connectivity index (χ3v) is 4.21. The number of rotatable bonds is 2. The van der Waals surface area contributed by atoms with Gasteiger partial charge in [0.15, 0.2) is 11.3 Å². The topological polar surface area (TPSA) is 84.9 Å². The summed E-state index contributed by atoms with van der Waals surface area (Å²) in [5.41, 5.74) is 0.214. The monoisotopic (exact) mass is 390 g/mol. The van der Waals surface area contributed by atoms with Crippen LogP contribution in [-0.2, 0) is 19.8 Å². The molecule has 0 aliphatic heterocycles. The molecule has 2 rings (SSSR count). The second-order valence-electron chi connectivity index (χ2n) is 8.93. The molecule has 0 aromatic heterocycles. The van der Waals surface area contributed by atoms with Crippen molar-refractivity contribution in [3.63, 3.8) is 0 Å². The number of benzene rings is 1. The number of ketones is 1. The van der Waals surface area contributed by atoms with Crippen LogP contribution in [0.15, 0.2) is 30.3 Å². The molecule has 0 heterocycles. The van der Waals surface area contributed by atoms with Crippen molar-refractivity contribution in [1.29, 1.82) is 0 Å². The van der Waals surface area contributed by atoms with E-state index >= 15 is 0 Å². The molecular formula is C21H30N2O5. The first kappa shape index (κ1) is 21.7. The average molecular weight is 390 g/mol. The van der Waals surface area contributed by atoms with Crippen molar-refractivity contribution in [1.82, 2.24) is 10.4 Å². The highest BCUT2D eigenvalue weighted by atomic mass is 16.6. The molecule has 1 aliphatic carbocycles. The van der Waals surface area contributed by atoms with E-state index in [1.165, 1.54) is 0 Å². The number of hydrazine groups is 1. The lowest BCUT2D eigenvalue weighted by Crippen LogP contribution is -2.61. The number of carbonyl (C=O) groups is 3. The third-order valence-electron chi connectivity index (χ3n) is 4.21. The molecule has 7 heteroatoms. The lowest BCUT2D eigenvalue weighted by molar-refractivity contribution is -0.130. The van der Waals surface area contributed by atoms with Crippen LogP contribution >= 0.6 is 0 Å². The summed E-state index contributed by atoms with van der Waals surface area (Å²) in [5, 5.41) is 1.01. The predicted octanol–water partition coefficient (Wildman–Crippen LogP) is 4.31. The van der Waals surface area contributed by atoms with Gasteiger partial charge in [0.2, 0.25) is 0 Å². The smallest absolute Gasteiger partial charge is 0.430 e. The van der Waals surface area contributed by atoms with Gasteiger partial charge in [0.25, 0.3) is 0 Å². The molecule has 0 bridgehead atoms. The van der Waals surface area contributed by atoms with Crippen molar-refractivity contribution in [3.8, 4) is 0 Å². The summed E-state index contributed by atoms with van der Waals surface area (Å²) < 4.78 is 10.8. The summed E-state index contributed by atoms with van der Waals surface area (Å²) in [4.78, 5) is 38.6. The van der Waals surface area contributed by atoms with Crippen LogP contribution in [-0.4, -0.2) is 34.2 Å². The maximum atomic E-state index is 13.1. The molecule has 28 heavy (non-hydrogen) atoms. The van der Waals surface area contributed by atoms with E-state index in [9.17, 15) is 14.4 Å². The zero-order chi connectivity index (χ0) is 21.2. The SMILES string of the molecule is CC(C)(C)OC(=O)NN(C(=O)OC(C)(C)C)[C@]1(c2ccccc2)CCCC1=O. The van der Waals surface area contributed by atoms with Crippen LogP contribution in [0.2, 0.25) is 0 Å². The molecule has 1 N–H and O–H groups in total. The predicted molar refractivity (Wildman–Crippen MR) is 104 cm³/mol. The summed E-state index contributed by atoms with van der Waals surface area (Å²) >= 11 is 0. The number of nitrogens with one attached hydrogen (secondary N) is 1. The van der Waals surface area contributed by atoms with Crippen LogP contribution in [0, 0.1) is 0 Å². The van der Waals surface area contributed by atoms with Crippen LogP contribution in [0.25, 0.3) is 0 Å². The highest BCUT2D eigenvalue weighted by Gasteiger charge is 2.53. The maximum absolute atomic E-state index is 13.1. The van der Waals surface area contributed by atoms with Gasteiger partial charge in [-0.05, 0) is 59.9 Å². The van der Waals surface area contributed by atoms with E-state index in [1.54, 1.807) is 65.8 Å². The minimum Gasteiger partial charge on any atom is -0.443 e. The van der Waals surface area contributed by atoms with E-state index < -0.39 is 28.9 Å². The average Bonchev–Trinajstić information content (AvgIpc) is 2.92. The van der Waals surface area contributed by atoms with E-state index in [2.05, 4.69) is 5.43 Å². The summed E-state index contributed by atoms with van der Waals surface area (Å²) in [6.07, 6.45) is -0.344.